The van der Waals surface area contributed by atoms with Crippen molar-refractivity contribution in [1.29, 1.82) is 0 Å². The fourth-order valence-corrected chi connectivity index (χ4v) is 1.95. The number of amides is 1. The van der Waals surface area contributed by atoms with Crippen molar-refractivity contribution < 1.29 is 17.9 Å². The van der Waals surface area contributed by atoms with Crippen LogP contribution in [0.3, 0.4) is 0 Å². The Hall–Kier alpha value is -1.87. The summed E-state index contributed by atoms with van der Waals surface area (Å²) in [6.45, 7) is -0.275. The van der Waals surface area contributed by atoms with Crippen LogP contribution in [0.25, 0.3) is 0 Å². The van der Waals surface area contributed by atoms with Gasteiger partial charge in [-0.15, -0.1) is 0 Å². The smallest absolute Gasteiger partial charge is 0.404 e. The van der Waals surface area contributed by atoms with E-state index in [0.717, 1.165) is 18.3 Å². The van der Waals surface area contributed by atoms with E-state index in [1.165, 1.54) is 0 Å². The van der Waals surface area contributed by atoms with E-state index in [1.807, 2.05) is 0 Å². The lowest BCUT2D eigenvalue weighted by molar-refractivity contribution is 0.159. The Morgan fingerprint density at radius 2 is 2.18 bits per heavy atom. The number of carbonyl (C=O) groups excluding carboxylic acids is 1. The molecule has 1 amide bonds. The summed E-state index contributed by atoms with van der Waals surface area (Å²) in [7, 11) is -3.73. The Kier molecular flexibility index (Phi) is 4.24. The normalized spacial score (nSPS) is 11.1. The molecule has 1 aromatic rings. The van der Waals surface area contributed by atoms with Gasteiger partial charge in [-0.3, -0.25) is 4.79 Å². The van der Waals surface area contributed by atoms with Crippen LogP contribution in [0.1, 0.15) is 0 Å². The van der Waals surface area contributed by atoms with E-state index in [4.69, 9.17) is 5.73 Å². The number of hydrogen-bond acceptors (Lipinski definition) is 5. The Morgan fingerprint density at radius 1 is 1.47 bits per heavy atom. The number of aromatic amines is 1. The zero-order chi connectivity index (χ0) is 12.9. The van der Waals surface area contributed by atoms with Crippen molar-refractivity contribution >= 4 is 16.1 Å². The molecule has 0 unspecified atom stereocenters. The minimum absolute atomic E-state index is 0.0869. The second kappa shape index (κ2) is 5.46. The van der Waals surface area contributed by atoms with Gasteiger partial charge in [0.25, 0.3) is 0 Å². The molecular formula is C8H11N3O5S. The molecule has 0 atom stereocenters. The average molecular weight is 261 g/mol. The van der Waals surface area contributed by atoms with Crippen LogP contribution in [0.4, 0.5) is 4.79 Å². The molecule has 0 aromatic carbocycles. The summed E-state index contributed by atoms with van der Waals surface area (Å²) in [6.07, 6.45) is 0.0906. The fraction of sp³-hybridized carbons (Fsp3) is 0.250. The van der Waals surface area contributed by atoms with Gasteiger partial charge in [0.1, 0.15) is 6.61 Å². The summed E-state index contributed by atoms with van der Waals surface area (Å²) < 4.78 is 29.7. The van der Waals surface area contributed by atoms with Crippen molar-refractivity contribution in [3.05, 3.63) is 28.7 Å². The molecule has 0 aliphatic heterocycles. The van der Waals surface area contributed by atoms with Crippen molar-refractivity contribution in [2.45, 2.75) is 4.90 Å². The van der Waals surface area contributed by atoms with Crippen LogP contribution in [0, 0.1) is 0 Å². The molecule has 1 heterocycles. The third-order valence-electron chi connectivity index (χ3n) is 1.70. The number of carbonyl (C=O) groups is 1. The number of aromatic nitrogens is 1. The summed E-state index contributed by atoms with van der Waals surface area (Å²) in [4.78, 5) is 23.1. The molecule has 8 nitrogen and oxygen atoms in total. The van der Waals surface area contributed by atoms with Crippen molar-refractivity contribution in [2.24, 2.45) is 5.73 Å². The first-order valence-electron chi connectivity index (χ1n) is 4.52. The first kappa shape index (κ1) is 13.2. The highest BCUT2D eigenvalue weighted by molar-refractivity contribution is 7.89. The number of H-pyrrole nitrogens is 1. The van der Waals surface area contributed by atoms with Gasteiger partial charge in [-0.2, -0.15) is 0 Å². The lowest BCUT2D eigenvalue weighted by Crippen LogP contribution is -2.29. The maximum atomic E-state index is 11.6. The van der Waals surface area contributed by atoms with E-state index < -0.39 is 21.7 Å². The summed E-state index contributed by atoms with van der Waals surface area (Å²) >= 11 is 0. The highest BCUT2D eigenvalue weighted by Crippen LogP contribution is 2.02. The van der Waals surface area contributed by atoms with E-state index in [2.05, 4.69) is 14.4 Å². The predicted molar refractivity (Wildman–Crippen MR) is 57.8 cm³/mol. The van der Waals surface area contributed by atoms with Crippen LogP contribution >= 0.6 is 0 Å². The number of pyridine rings is 1. The predicted octanol–water partition coefficient (Wildman–Crippen LogP) is -1.25. The minimum Gasteiger partial charge on any atom is -0.448 e. The molecule has 1 rings (SSSR count). The van der Waals surface area contributed by atoms with Crippen molar-refractivity contribution in [3.63, 3.8) is 0 Å². The third kappa shape index (κ3) is 4.25. The minimum atomic E-state index is -3.73. The van der Waals surface area contributed by atoms with Gasteiger partial charge in [0.15, 0.2) is 0 Å². The van der Waals surface area contributed by atoms with Crippen LogP contribution < -0.4 is 16.0 Å². The van der Waals surface area contributed by atoms with E-state index >= 15 is 0 Å². The number of ether oxygens (including phenoxy) is 1. The maximum absolute atomic E-state index is 11.6. The van der Waals surface area contributed by atoms with Gasteiger partial charge in [-0.05, 0) is 6.07 Å². The first-order valence-corrected chi connectivity index (χ1v) is 6.01. The second-order valence-electron chi connectivity index (χ2n) is 2.95. The van der Waals surface area contributed by atoms with Gasteiger partial charge in [0.2, 0.25) is 15.6 Å². The third-order valence-corrected chi connectivity index (χ3v) is 3.16. The Labute approximate surface area is 96.8 Å². The standard InChI is InChI=1S/C8H11N3O5S/c9-8(13)16-4-3-11-17(14,15)6-1-2-7(12)10-5-6/h1-2,5,11H,3-4H2,(H2,9,13)(H,10,12). The SMILES string of the molecule is NC(=O)OCCNS(=O)(=O)c1ccc(=O)[nH]c1. The molecule has 0 saturated carbocycles. The van der Waals surface area contributed by atoms with Crippen molar-refractivity contribution in [3.8, 4) is 0 Å². The number of nitrogens with one attached hydrogen (secondary N) is 2. The van der Waals surface area contributed by atoms with E-state index in [-0.39, 0.29) is 18.0 Å². The van der Waals surface area contributed by atoms with E-state index in [0.29, 0.717) is 0 Å². The number of sulfonamides is 1. The van der Waals surface area contributed by atoms with Crippen LogP contribution in [-0.4, -0.2) is 32.6 Å². The first-order chi connectivity index (χ1) is 7.92. The maximum Gasteiger partial charge on any atom is 0.404 e. The quantitative estimate of drug-likeness (QED) is 0.570. The molecule has 0 aliphatic carbocycles. The van der Waals surface area contributed by atoms with Crippen LogP contribution in [-0.2, 0) is 14.8 Å². The van der Waals surface area contributed by atoms with Crippen molar-refractivity contribution in [2.75, 3.05) is 13.2 Å². The molecule has 1 aromatic heterocycles. The second-order valence-corrected chi connectivity index (χ2v) is 4.72. The summed E-state index contributed by atoms with van der Waals surface area (Å²) in [5.41, 5.74) is 4.29. The Bertz CT molecular complexity index is 530. The Balaban J connectivity index is 2.60. The molecule has 0 spiro atoms. The molecule has 4 N–H and O–H groups in total. The molecule has 94 valence electrons. The number of hydrogen-bond donors (Lipinski definition) is 3. The lowest BCUT2D eigenvalue weighted by Gasteiger charge is -2.05. The Morgan fingerprint density at radius 3 is 2.71 bits per heavy atom. The number of rotatable bonds is 5. The molecule has 9 heteroatoms. The van der Waals surface area contributed by atoms with Gasteiger partial charge < -0.3 is 15.5 Å². The summed E-state index contributed by atoms with van der Waals surface area (Å²) in [5.74, 6) is 0. The molecule has 0 fully saturated rings. The molecule has 0 radical (unpaired) electrons. The summed E-state index contributed by atoms with van der Waals surface area (Å²) in [6, 6.07) is 2.25. The molecular weight excluding hydrogens is 250 g/mol. The van der Waals surface area contributed by atoms with Crippen molar-refractivity contribution in [1.82, 2.24) is 9.71 Å². The van der Waals surface area contributed by atoms with Gasteiger partial charge in [0, 0.05) is 18.8 Å². The zero-order valence-electron chi connectivity index (χ0n) is 8.67. The highest BCUT2D eigenvalue weighted by Gasteiger charge is 2.13. The van der Waals surface area contributed by atoms with Gasteiger partial charge in [-0.1, -0.05) is 0 Å². The monoisotopic (exact) mass is 261 g/mol. The van der Waals surface area contributed by atoms with Gasteiger partial charge in [0.05, 0.1) is 4.90 Å². The molecule has 0 bridgehead atoms. The molecule has 0 saturated heterocycles. The van der Waals surface area contributed by atoms with Crippen LogP contribution in [0.15, 0.2) is 28.0 Å². The molecule has 0 aliphatic rings. The van der Waals surface area contributed by atoms with Crippen LogP contribution in [0.2, 0.25) is 0 Å². The highest BCUT2D eigenvalue weighted by atomic mass is 32.2. The summed E-state index contributed by atoms with van der Waals surface area (Å²) in [5, 5.41) is 0. The largest absolute Gasteiger partial charge is 0.448 e. The van der Waals surface area contributed by atoms with Crippen LogP contribution in [0.5, 0.6) is 0 Å². The van der Waals surface area contributed by atoms with Gasteiger partial charge >= 0.3 is 6.09 Å². The number of primary amides is 1. The van der Waals surface area contributed by atoms with Gasteiger partial charge in [-0.25, -0.2) is 17.9 Å². The van der Waals surface area contributed by atoms with E-state index in [1.54, 1.807) is 0 Å². The average Bonchev–Trinajstić information content (AvgIpc) is 2.25. The fourth-order valence-electron chi connectivity index (χ4n) is 0.974. The number of nitrogens with two attached hydrogens (primary N) is 1. The topological polar surface area (TPSA) is 131 Å². The molecule has 17 heavy (non-hydrogen) atoms. The zero-order valence-corrected chi connectivity index (χ0v) is 9.49. The van der Waals surface area contributed by atoms with E-state index in [9.17, 15) is 18.0 Å². The lowest BCUT2D eigenvalue weighted by atomic mass is 10.5.